The molecule has 1 unspecified atom stereocenters. The summed E-state index contributed by atoms with van der Waals surface area (Å²) in [6, 6.07) is 8.49. The molecule has 1 atom stereocenters. The number of nitrogens with zero attached hydrogens (tertiary/aromatic N) is 2. The van der Waals surface area contributed by atoms with E-state index in [9.17, 15) is 8.42 Å². The number of hydrogen-bond donors (Lipinski definition) is 2. The summed E-state index contributed by atoms with van der Waals surface area (Å²) in [5.41, 5.74) is 2.51. The molecule has 148 valence electrons. The molecule has 1 saturated heterocycles. The summed E-state index contributed by atoms with van der Waals surface area (Å²) in [4.78, 5) is 4.31. The van der Waals surface area contributed by atoms with Crippen molar-refractivity contribution in [2.75, 3.05) is 32.9 Å². The molecule has 1 fully saturated rings. The van der Waals surface area contributed by atoms with E-state index in [4.69, 9.17) is 0 Å². The summed E-state index contributed by atoms with van der Waals surface area (Å²) in [5, 5.41) is 6.81. The van der Waals surface area contributed by atoms with Gasteiger partial charge in [-0.1, -0.05) is 24.3 Å². The van der Waals surface area contributed by atoms with Gasteiger partial charge in [-0.25, -0.2) is 12.7 Å². The number of benzene rings is 1. The van der Waals surface area contributed by atoms with Crippen LogP contribution in [0, 0.1) is 12.8 Å². The van der Waals surface area contributed by atoms with E-state index in [0.717, 1.165) is 25.3 Å². The first-order valence-electron chi connectivity index (χ1n) is 8.79. The third-order valence-electron chi connectivity index (χ3n) is 4.83. The highest BCUT2D eigenvalue weighted by Crippen LogP contribution is 2.19. The Bertz CT molecular complexity index is 701. The van der Waals surface area contributed by atoms with E-state index in [0.29, 0.717) is 19.0 Å². The molecular formula is C18H31IN4O2S. The van der Waals surface area contributed by atoms with E-state index >= 15 is 0 Å². The van der Waals surface area contributed by atoms with Crippen molar-refractivity contribution in [1.29, 1.82) is 0 Å². The average molecular weight is 494 g/mol. The van der Waals surface area contributed by atoms with Crippen LogP contribution in [0.2, 0.25) is 0 Å². The summed E-state index contributed by atoms with van der Waals surface area (Å²) in [6.07, 6.45) is 3.04. The number of sulfonamides is 1. The first kappa shape index (κ1) is 23.2. The Morgan fingerprint density at radius 1 is 1.31 bits per heavy atom. The van der Waals surface area contributed by atoms with Crippen LogP contribution in [0.4, 0.5) is 0 Å². The molecule has 1 aromatic rings. The monoisotopic (exact) mass is 494 g/mol. The van der Waals surface area contributed by atoms with Gasteiger partial charge >= 0.3 is 0 Å². The summed E-state index contributed by atoms with van der Waals surface area (Å²) in [5.74, 6) is 1.24. The quantitative estimate of drug-likeness (QED) is 0.375. The Morgan fingerprint density at radius 3 is 2.46 bits per heavy atom. The van der Waals surface area contributed by atoms with Crippen LogP contribution in [0.3, 0.4) is 0 Å². The number of nitrogens with one attached hydrogen (secondary N) is 2. The van der Waals surface area contributed by atoms with Gasteiger partial charge in [-0.3, -0.25) is 4.99 Å². The van der Waals surface area contributed by atoms with E-state index < -0.39 is 10.0 Å². The van der Waals surface area contributed by atoms with E-state index in [2.05, 4.69) is 41.6 Å². The first-order valence-corrected chi connectivity index (χ1v) is 10.6. The Balaban J connectivity index is 0.00000338. The van der Waals surface area contributed by atoms with Crippen LogP contribution in [0.1, 0.15) is 36.9 Å². The van der Waals surface area contributed by atoms with Crippen LogP contribution in [0.15, 0.2) is 29.3 Å². The summed E-state index contributed by atoms with van der Waals surface area (Å²) >= 11 is 0. The van der Waals surface area contributed by atoms with E-state index in [1.165, 1.54) is 17.4 Å². The fourth-order valence-electron chi connectivity index (χ4n) is 3.24. The van der Waals surface area contributed by atoms with Gasteiger partial charge in [0.25, 0.3) is 0 Å². The van der Waals surface area contributed by atoms with Gasteiger partial charge in [-0.15, -0.1) is 24.0 Å². The maximum Gasteiger partial charge on any atom is 0.211 e. The number of guanidine groups is 1. The Morgan fingerprint density at radius 2 is 1.92 bits per heavy atom. The van der Waals surface area contributed by atoms with Crippen LogP contribution < -0.4 is 10.6 Å². The van der Waals surface area contributed by atoms with Crippen molar-refractivity contribution in [3.8, 4) is 0 Å². The van der Waals surface area contributed by atoms with E-state index in [-0.39, 0.29) is 30.0 Å². The van der Waals surface area contributed by atoms with Crippen LogP contribution in [-0.2, 0) is 10.0 Å². The number of halogens is 1. The number of aryl methyl sites for hydroxylation is 1. The van der Waals surface area contributed by atoms with Gasteiger partial charge in [0.05, 0.1) is 12.3 Å². The molecule has 6 nitrogen and oxygen atoms in total. The van der Waals surface area contributed by atoms with Gasteiger partial charge in [-0.05, 0) is 43.7 Å². The molecule has 2 rings (SSSR count). The van der Waals surface area contributed by atoms with Gasteiger partial charge in [0, 0.05) is 26.7 Å². The molecule has 26 heavy (non-hydrogen) atoms. The third kappa shape index (κ3) is 6.70. The van der Waals surface area contributed by atoms with E-state index in [1.807, 2.05) is 12.1 Å². The normalized spacial score (nSPS) is 18.1. The summed E-state index contributed by atoms with van der Waals surface area (Å²) in [7, 11) is -1.29. The second-order valence-corrected chi connectivity index (χ2v) is 8.76. The van der Waals surface area contributed by atoms with Gasteiger partial charge in [0.1, 0.15) is 0 Å². The molecule has 0 spiro atoms. The standard InChI is InChI=1S/C18H30N4O2S.HI/c1-14-7-5-6-8-17(14)15(2)21-18(19-3)20-13-16-9-11-22(12-10-16)25(4,23)24;/h5-8,15-16H,9-13H2,1-4H3,(H2,19,20,21);1H. The van der Waals surface area contributed by atoms with Gasteiger partial charge in [-0.2, -0.15) is 0 Å². The van der Waals surface area contributed by atoms with Crippen LogP contribution in [-0.4, -0.2) is 51.6 Å². The Kier molecular flexibility index (Phi) is 9.32. The topological polar surface area (TPSA) is 73.8 Å². The average Bonchev–Trinajstić information content (AvgIpc) is 2.58. The highest BCUT2D eigenvalue weighted by Gasteiger charge is 2.24. The largest absolute Gasteiger partial charge is 0.356 e. The predicted molar refractivity (Wildman–Crippen MR) is 119 cm³/mol. The van der Waals surface area contributed by atoms with Gasteiger partial charge in [0.15, 0.2) is 5.96 Å². The molecule has 8 heteroatoms. The van der Waals surface area contributed by atoms with Crippen molar-refractivity contribution in [1.82, 2.24) is 14.9 Å². The lowest BCUT2D eigenvalue weighted by Gasteiger charge is -2.30. The minimum Gasteiger partial charge on any atom is -0.356 e. The zero-order valence-corrected chi connectivity index (χ0v) is 19.2. The van der Waals surface area contributed by atoms with Crippen LogP contribution in [0.5, 0.6) is 0 Å². The fourth-order valence-corrected chi connectivity index (χ4v) is 4.11. The van der Waals surface area contributed by atoms with Crippen molar-refractivity contribution in [3.05, 3.63) is 35.4 Å². The highest BCUT2D eigenvalue weighted by atomic mass is 127. The van der Waals surface area contributed by atoms with Gasteiger partial charge in [0.2, 0.25) is 10.0 Å². The van der Waals surface area contributed by atoms with Crippen molar-refractivity contribution in [2.24, 2.45) is 10.9 Å². The number of hydrogen-bond acceptors (Lipinski definition) is 3. The number of piperidine rings is 1. The lowest BCUT2D eigenvalue weighted by molar-refractivity contribution is 0.274. The second kappa shape index (κ2) is 10.5. The zero-order chi connectivity index (χ0) is 18.4. The lowest BCUT2D eigenvalue weighted by Crippen LogP contribution is -2.44. The third-order valence-corrected chi connectivity index (χ3v) is 6.14. The van der Waals surface area contributed by atoms with Crippen molar-refractivity contribution < 1.29 is 8.42 Å². The van der Waals surface area contributed by atoms with Gasteiger partial charge < -0.3 is 10.6 Å². The van der Waals surface area contributed by atoms with Crippen LogP contribution >= 0.6 is 24.0 Å². The van der Waals surface area contributed by atoms with Crippen molar-refractivity contribution >= 4 is 40.0 Å². The summed E-state index contributed by atoms with van der Waals surface area (Å²) in [6.45, 7) is 6.25. The summed E-state index contributed by atoms with van der Waals surface area (Å²) < 4.78 is 24.7. The molecule has 0 aromatic heterocycles. The molecule has 0 amide bonds. The van der Waals surface area contributed by atoms with Crippen LogP contribution in [0.25, 0.3) is 0 Å². The number of aliphatic imine (C=N–C) groups is 1. The SMILES string of the molecule is CN=C(NCC1CCN(S(C)(=O)=O)CC1)NC(C)c1ccccc1C.I. The van der Waals surface area contributed by atoms with Crippen molar-refractivity contribution in [3.63, 3.8) is 0 Å². The van der Waals surface area contributed by atoms with Crippen molar-refractivity contribution in [2.45, 2.75) is 32.7 Å². The molecule has 0 aliphatic carbocycles. The maximum atomic E-state index is 11.6. The highest BCUT2D eigenvalue weighted by molar-refractivity contribution is 14.0. The Hall–Kier alpha value is -0.870. The molecule has 0 saturated carbocycles. The Labute approximate surface area is 174 Å². The minimum atomic E-state index is -3.06. The lowest BCUT2D eigenvalue weighted by atomic mass is 9.98. The fraction of sp³-hybridized carbons (Fsp3) is 0.611. The smallest absolute Gasteiger partial charge is 0.211 e. The molecule has 1 aromatic carbocycles. The molecular weight excluding hydrogens is 463 g/mol. The molecule has 1 aliphatic heterocycles. The minimum absolute atomic E-state index is 0. The molecule has 1 aliphatic rings. The first-order chi connectivity index (χ1) is 11.8. The molecule has 0 radical (unpaired) electrons. The van der Waals surface area contributed by atoms with E-state index in [1.54, 1.807) is 11.4 Å². The molecule has 0 bridgehead atoms. The molecule has 2 N–H and O–H groups in total. The maximum absolute atomic E-state index is 11.6. The second-order valence-electron chi connectivity index (χ2n) is 6.78. The molecule has 1 heterocycles. The predicted octanol–water partition coefficient (Wildman–Crippen LogP) is 2.51. The zero-order valence-electron chi connectivity index (χ0n) is 16.0. The number of rotatable bonds is 5.